The second kappa shape index (κ2) is 11.4. The Hall–Kier alpha value is -2.80. The molecule has 1 aromatic carbocycles. The van der Waals surface area contributed by atoms with E-state index in [1.807, 2.05) is 0 Å². The summed E-state index contributed by atoms with van der Waals surface area (Å²) in [6.45, 7) is 0.0795. The van der Waals surface area contributed by atoms with Crippen LogP contribution < -0.4 is 16.0 Å². The first-order valence-electron chi connectivity index (χ1n) is 12.6. The molecule has 214 valence electrons. The topological polar surface area (TPSA) is 125 Å². The van der Waals surface area contributed by atoms with Crippen LogP contribution in [0.3, 0.4) is 0 Å². The van der Waals surface area contributed by atoms with Gasteiger partial charge >= 0.3 is 0 Å². The van der Waals surface area contributed by atoms with E-state index in [1.165, 1.54) is 0 Å². The molecule has 5 atom stereocenters. The third-order valence-electron chi connectivity index (χ3n) is 7.48. The van der Waals surface area contributed by atoms with E-state index in [-0.39, 0.29) is 25.3 Å². The number of nitrogens with one attached hydrogen (secondary N) is 3. The second-order valence-corrected chi connectivity index (χ2v) is 12.7. The van der Waals surface area contributed by atoms with Gasteiger partial charge in [-0.3, -0.25) is 14.4 Å². The highest BCUT2D eigenvalue weighted by molar-refractivity contribution is 7.94. The molecule has 3 amide bonds. The predicted molar refractivity (Wildman–Crippen MR) is 138 cm³/mol. The molecular formula is C25H30ClF3N4O5S. The lowest BCUT2D eigenvalue weighted by atomic mass is 9.71. The van der Waals surface area contributed by atoms with Gasteiger partial charge in [-0.05, 0) is 50.0 Å². The number of halogens is 4. The Morgan fingerprint density at radius 3 is 2.64 bits per heavy atom. The van der Waals surface area contributed by atoms with Crippen LogP contribution in [-0.4, -0.2) is 74.4 Å². The lowest BCUT2D eigenvalue weighted by Crippen LogP contribution is -2.69. The summed E-state index contributed by atoms with van der Waals surface area (Å²) < 4.78 is 67.7. The van der Waals surface area contributed by atoms with Crippen LogP contribution in [0.15, 0.2) is 35.5 Å². The maximum atomic E-state index is 15.0. The Bertz CT molecular complexity index is 1280. The van der Waals surface area contributed by atoms with E-state index in [2.05, 4.69) is 16.0 Å². The van der Waals surface area contributed by atoms with Gasteiger partial charge in [-0.1, -0.05) is 17.7 Å². The number of nitrogens with zero attached hydrogens (tertiary/aromatic N) is 1. The Kier molecular flexibility index (Phi) is 8.50. The summed E-state index contributed by atoms with van der Waals surface area (Å²) >= 11 is 5.97. The molecule has 0 spiro atoms. The van der Waals surface area contributed by atoms with E-state index in [0.29, 0.717) is 42.4 Å². The zero-order valence-electron chi connectivity index (χ0n) is 21.1. The van der Waals surface area contributed by atoms with Gasteiger partial charge in [-0.2, -0.15) is 4.39 Å². The average molecular weight is 591 g/mol. The van der Waals surface area contributed by atoms with Gasteiger partial charge in [0, 0.05) is 41.9 Å². The molecule has 5 rings (SSSR count). The van der Waals surface area contributed by atoms with Crippen molar-refractivity contribution in [1.29, 1.82) is 0 Å². The minimum atomic E-state index is -4.25. The molecule has 0 radical (unpaired) electrons. The van der Waals surface area contributed by atoms with Gasteiger partial charge < -0.3 is 20.9 Å². The summed E-state index contributed by atoms with van der Waals surface area (Å²) in [6.07, 6.45) is 1.27. The zero-order chi connectivity index (χ0) is 28.5. The summed E-state index contributed by atoms with van der Waals surface area (Å²) in [4.78, 5) is 40.1. The van der Waals surface area contributed by atoms with Crippen LogP contribution in [0.2, 0.25) is 5.02 Å². The Balaban J connectivity index is 1.58. The van der Waals surface area contributed by atoms with E-state index >= 15 is 0 Å². The van der Waals surface area contributed by atoms with Crippen molar-refractivity contribution in [2.45, 2.75) is 56.2 Å². The number of sulfone groups is 1. The molecule has 9 nitrogen and oxygen atoms in total. The standard InChI is InChI=1S/C25H30ClF3N4O5S/c1-39(37,38)20(27)11-17(9-14-7-8-30-23(14)35)32-24(36)22-19-6-5-18(12-25(19,28)29)33(22)21(34)13-31-16-4-2-3-15(26)10-16/h2-4,10-11,14,17-19,22,31H,5-9,12-13H2,1H3,(H,30,35)(H,32,36)/b20-11+/t14-,17+,18-,19-,22+/m1/s1. The van der Waals surface area contributed by atoms with Gasteiger partial charge in [0.25, 0.3) is 5.92 Å². The van der Waals surface area contributed by atoms with Crippen molar-refractivity contribution in [3.63, 3.8) is 0 Å². The van der Waals surface area contributed by atoms with Gasteiger partial charge in [0.05, 0.1) is 18.5 Å². The summed E-state index contributed by atoms with van der Waals surface area (Å²) in [5.41, 5.74) is 0.528. The number of carbonyl (C=O) groups is 3. The van der Waals surface area contributed by atoms with E-state index in [0.717, 1.165) is 4.90 Å². The molecule has 1 saturated carbocycles. The maximum absolute atomic E-state index is 15.0. The molecule has 14 heteroatoms. The van der Waals surface area contributed by atoms with Gasteiger partial charge in [0.1, 0.15) is 6.04 Å². The number of carbonyl (C=O) groups excluding carboxylic acids is 3. The van der Waals surface area contributed by atoms with Crippen LogP contribution in [0.1, 0.15) is 32.1 Å². The number of anilines is 1. The summed E-state index contributed by atoms with van der Waals surface area (Å²) in [6, 6.07) is 2.84. The van der Waals surface area contributed by atoms with Crippen molar-refractivity contribution in [2.75, 3.05) is 24.7 Å². The highest BCUT2D eigenvalue weighted by Gasteiger charge is 2.60. The molecule has 39 heavy (non-hydrogen) atoms. The number of fused-ring (bicyclic) bond motifs is 3. The summed E-state index contributed by atoms with van der Waals surface area (Å²) in [7, 11) is -4.25. The van der Waals surface area contributed by atoms with Gasteiger partial charge in [-0.25, -0.2) is 17.2 Å². The van der Waals surface area contributed by atoms with Crippen molar-refractivity contribution in [3.8, 4) is 0 Å². The smallest absolute Gasteiger partial charge is 0.255 e. The Morgan fingerprint density at radius 1 is 1.28 bits per heavy atom. The highest BCUT2D eigenvalue weighted by atomic mass is 35.5. The average Bonchev–Trinajstić information content (AvgIpc) is 3.25. The molecule has 3 saturated heterocycles. The van der Waals surface area contributed by atoms with Crippen molar-refractivity contribution in [3.05, 3.63) is 40.5 Å². The van der Waals surface area contributed by atoms with Crippen LogP contribution in [-0.2, 0) is 24.2 Å². The molecule has 3 N–H and O–H groups in total. The van der Waals surface area contributed by atoms with E-state index in [4.69, 9.17) is 11.6 Å². The molecule has 4 fully saturated rings. The van der Waals surface area contributed by atoms with E-state index in [9.17, 15) is 36.0 Å². The Labute approximate surface area is 229 Å². The number of hydrogen-bond acceptors (Lipinski definition) is 6. The molecule has 4 aliphatic rings. The third-order valence-corrected chi connectivity index (χ3v) is 8.56. The van der Waals surface area contributed by atoms with Crippen molar-refractivity contribution in [2.24, 2.45) is 11.8 Å². The third kappa shape index (κ3) is 6.68. The molecule has 1 aliphatic carbocycles. The molecule has 2 bridgehead atoms. The fourth-order valence-corrected chi connectivity index (χ4v) is 6.23. The summed E-state index contributed by atoms with van der Waals surface area (Å²) in [5.74, 6) is -7.20. The second-order valence-electron chi connectivity index (χ2n) is 10.3. The van der Waals surface area contributed by atoms with Crippen molar-refractivity contribution < 1.29 is 36.0 Å². The number of piperidine rings is 2. The predicted octanol–water partition coefficient (Wildman–Crippen LogP) is 2.63. The molecule has 1 aromatic rings. The van der Waals surface area contributed by atoms with E-state index < -0.39 is 69.1 Å². The number of benzene rings is 1. The largest absolute Gasteiger partial charge is 0.376 e. The monoisotopic (exact) mass is 590 g/mol. The quantitative estimate of drug-likeness (QED) is 0.406. The first kappa shape index (κ1) is 29.2. The lowest BCUT2D eigenvalue weighted by molar-refractivity contribution is -0.193. The molecule has 3 heterocycles. The first-order valence-corrected chi connectivity index (χ1v) is 14.9. The van der Waals surface area contributed by atoms with Gasteiger partial charge in [-0.15, -0.1) is 0 Å². The minimum absolute atomic E-state index is 0.00446. The fraction of sp³-hybridized carbons (Fsp3) is 0.560. The molecule has 3 aliphatic heterocycles. The van der Waals surface area contributed by atoms with Crippen LogP contribution in [0.4, 0.5) is 18.9 Å². The normalized spacial score (nSPS) is 27.2. The molecular weight excluding hydrogens is 561 g/mol. The first-order chi connectivity index (χ1) is 18.3. The number of hydrogen-bond donors (Lipinski definition) is 3. The SMILES string of the molecule is CS(=O)(=O)/C(F)=C/[C@H](C[C@H]1CCNC1=O)NC(=O)[C@@H]1[C@H]2CC[C@H](CC2(F)F)N1C(=O)CNc1cccc(Cl)c1. The summed E-state index contributed by atoms with van der Waals surface area (Å²) in [5, 5.41) is 6.88. The van der Waals surface area contributed by atoms with Crippen LogP contribution >= 0.6 is 11.6 Å². The zero-order valence-corrected chi connectivity index (χ0v) is 22.7. The Morgan fingerprint density at radius 2 is 2.03 bits per heavy atom. The minimum Gasteiger partial charge on any atom is -0.376 e. The fourth-order valence-electron chi connectivity index (χ4n) is 5.63. The van der Waals surface area contributed by atoms with Crippen molar-refractivity contribution in [1.82, 2.24) is 15.5 Å². The lowest BCUT2D eigenvalue weighted by Gasteiger charge is -2.53. The van der Waals surface area contributed by atoms with Crippen LogP contribution in [0.5, 0.6) is 0 Å². The van der Waals surface area contributed by atoms with Crippen LogP contribution in [0, 0.1) is 11.8 Å². The van der Waals surface area contributed by atoms with Crippen molar-refractivity contribution >= 4 is 44.8 Å². The number of rotatable bonds is 9. The number of alkyl halides is 2. The highest BCUT2D eigenvalue weighted by Crippen LogP contribution is 2.49. The van der Waals surface area contributed by atoms with Gasteiger partial charge in [0.2, 0.25) is 32.7 Å². The molecule has 0 unspecified atom stereocenters. The van der Waals surface area contributed by atoms with Gasteiger partial charge in [0.15, 0.2) is 0 Å². The van der Waals surface area contributed by atoms with E-state index in [1.54, 1.807) is 24.3 Å². The molecule has 0 aromatic heterocycles. The number of amides is 3. The maximum Gasteiger partial charge on any atom is 0.255 e. The van der Waals surface area contributed by atoms with Crippen LogP contribution in [0.25, 0.3) is 0 Å².